The number of H-pyrrole nitrogens is 1. The highest BCUT2D eigenvalue weighted by atomic mass is 16.1. The normalized spacial score (nSPS) is 16.8. The smallest absolute Gasteiger partial charge is 0.222 e. The summed E-state index contributed by atoms with van der Waals surface area (Å²) >= 11 is 0. The average molecular weight is 319 g/mol. The van der Waals surface area contributed by atoms with E-state index in [9.17, 15) is 4.79 Å². The number of benzene rings is 2. The summed E-state index contributed by atoms with van der Waals surface area (Å²) < 4.78 is 0. The van der Waals surface area contributed by atoms with Gasteiger partial charge in [0.25, 0.3) is 0 Å². The van der Waals surface area contributed by atoms with Gasteiger partial charge in [-0.25, -0.2) is 0 Å². The summed E-state index contributed by atoms with van der Waals surface area (Å²) in [7, 11) is 0. The predicted octanol–water partition coefficient (Wildman–Crippen LogP) is 3.06. The van der Waals surface area contributed by atoms with Crippen LogP contribution in [0.5, 0.6) is 0 Å². The van der Waals surface area contributed by atoms with Crippen LogP contribution in [0.25, 0.3) is 10.9 Å². The molecule has 2 heterocycles. The third-order valence-corrected chi connectivity index (χ3v) is 4.68. The van der Waals surface area contributed by atoms with E-state index in [1.54, 1.807) is 0 Å². The molecule has 122 valence electrons. The molecule has 2 aromatic carbocycles. The molecule has 0 aliphatic carbocycles. The molecule has 3 aromatic rings. The number of nitrogens with one attached hydrogen (secondary N) is 3. The quantitative estimate of drug-likeness (QED) is 0.692. The second-order valence-electron chi connectivity index (χ2n) is 6.29. The van der Waals surface area contributed by atoms with Gasteiger partial charge in [-0.05, 0) is 30.2 Å². The Morgan fingerprint density at radius 3 is 2.75 bits per heavy atom. The van der Waals surface area contributed by atoms with E-state index in [1.807, 2.05) is 36.4 Å². The maximum absolute atomic E-state index is 12.3. The highest BCUT2D eigenvalue weighted by Gasteiger charge is 2.25. The fraction of sp³-hybridized carbons (Fsp3) is 0.250. The molecular weight excluding hydrogens is 298 g/mol. The molecule has 0 spiro atoms. The maximum Gasteiger partial charge on any atom is 0.222 e. The van der Waals surface area contributed by atoms with Gasteiger partial charge in [-0.1, -0.05) is 48.5 Å². The van der Waals surface area contributed by atoms with Gasteiger partial charge in [0, 0.05) is 29.6 Å². The molecular formula is C20H21N3O. The third kappa shape index (κ3) is 2.93. The number of fused-ring (bicyclic) bond motifs is 3. The molecule has 0 radical (unpaired) electrons. The Kier molecular flexibility index (Phi) is 4.05. The number of hydrogen-bond donors (Lipinski definition) is 3. The Bertz CT molecular complexity index is 854. The van der Waals surface area contributed by atoms with E-state index in [1.165, 1.54) is 10.9 Å². The molecule has 0 saturated heterocycles. The summed E-state index contributed by atoms with van der Waals surface area (Å²) in [6.07, 6.45) is 1.45. The molecule has 1 aromatic heterocycles. The van der Waals surface area contributed by atoms with Crippen molar-refractivity contribution in [2.24, 2.45) is 0 Å². The van der Waals surface area contributed by atoms with Crippen LogP contribution < -0.4 is 10.6 Å². The molecule has 3 N–H and O–H groups in total. The van der Waals surface area contributed by atoms with E-state index in [0.717, 1.165) is 29.7 Å². The van der Waals surface area contributed by atoms with E-state index in [2.05, 4.69) is 33.8 Å². The lowest BCUT2D eigenvalue weighted by Crippen LogP contribution is -2.34. The van der Waals surface area contributed by atoms with Gasteiger partial charge < -0.3 is 15.6 Å². The largest absolute Gasteiger partial charge is 0.357 e. The lowest BCUT2D eigenvalue weighted by atomic mass is 9.97. The van der Waals surface area contributed by atoms with Crippen molar-refractivity contribution in [1.82, 2.24) is 15.6 Å². The van der Waals surface area contributed by atoms with Crippen LogP contribution in [0.3, 0.4) is 0 Å². The van der Waals surface area contributed by atoms with Crippen LogP contribution in [0.15, 0.2) is 54.6 Å². The Balaban J connectivity index is 1.47. The summed E-state index contributed by atoms with van der Waals surface area (Å²) in [6.45, 7) is 1.48. The number of aromatic amines is 1. The van der Waals surface area contributed by atoms with Gasteiger partial charge in [-0.15, -0.1) is 0 Å². The zero-order chi connectivity index (χ0) is 16.4. The molecule has 1 unspecified atom stereocenters. The molecule has 4 nitrogen and oxygen atoms in total. The van der Waals surface area contributed by atoms with Crippen molar-refractivity contribution in [2.45, 2.75) is 25.4 Å². The fourth-order valence-corrected chi connectivity index (χ4v) is 3.49. The van der Waals surface area contributed by atoms with Gasteiger partial charge >= 0.3 is 0 Å². The van der Waals surface area contributed by atoms with E-state index in [0.29, 0.717) is 13.0 Å². The molecule has 0 saturated carbocycles. The maximum atomic E-state index is 12.3. The van der Waals surface area contributed by atoms with Crippen LogP contribution in [0.2, 0.25) is 0 Å². The first-order valence-corrected chi connectivity index (χ1v) is 8.45. The van der Waals surface area contributed by atoms with Crippen LogP contribution in [0.4, 0.5) is 0 Å². The van der Waals surface area contributed by atoms with E-state index >= 15 is 0 Å². The summed E-state index contributed by atoms with van der Waals surface area (Å²) in [4.78, 5) is 15.8. The van der Waals surface area contributed by atoms with Gasteiger partial charge in [-0.3, -0.25) is 4.79 Å². The van der Waals surface area contributed by atoms with Crippen LogP contribution in [0.1, 0.15) is 29.3 Å². The first kappa shape index (κ1) is 15.0. The highest BCUT2D eigenvalue weighted by molar-refractivity contribution is 5.85. The highest BCUT2D eigenvalue weighted by Crippen LogP contribution is 2.31. The second-order valence-corrected chi connectivity index (χ2v) is 6.29. The topological polar surface area (TPSA) is 56.9 Å². The van der Waals surface area contributed by atoms with Gasteiger partial charge in [-0.2, -0.15) is 0 Å². The summed E-state index contributed by atoms with van der Waals surface area (Å²) in [5.74, 6) is 0.0721. The summed E-state index contributed by atoms with van der Waals surface area (Å²) in [5.41, 5.74) is 4.79. The van der Waals surface area contributed by atoms with Crippen molar-refractivity contribution in [2.75, 3.05) is 6.54 Å². The third-order valence-electron chi connectivity index (χ3n) is 4.68. The zero-order valence-electron chi connectivity index (χ0n) is 13.5. The summed E-state index contributed by atoms with van der Waals surface area (Å²) in [5, 5.41) is 7.77. The van der Waals surface area contributed by atoms with Crippen LogP contribution >= 0.6 is 0 Å². The van der Waals surface area contributed by atoms with Crippen molar-refractivity contribution in [1.29, 1.82) is 0 Å². The monoisotopic (exact) mass is 319 g/mol. The first-order chi connectivity index (χ1) is 11.8. The van der Waals surface area contributed by atoms with Crippen molar-refractivity contribution in [3.05, 3.63) is 71.4 Å². The lowest BCUT2D eigenvalue weighted by Gasteiger charge is -2.24. The van der Waals surface area contributed by atoms with Crippen LogP contribution in [0, 0.1) is 0 Å². The SMILES string of the molecule is O=C(CC1NCCc2c1[nH]c1ccccc21)NCc1ccccc1. The van der Waals surface area contributed by atoms with Gasteiger partial charge in [0.1, 0.15) is 0 Å². The fourth-order valence-electron chi connectivity index (χ4n) is 3.49. The molecule has 0 fully saturated rings. The van der Waals surface area contributed by atoms with Gasteiger partial charge in [0.15, 0.2) is 0 Å². The number of hydrogen-bond acceptors (Lipinski definition) is 2. The number of carbonyl (C=O) groups excluding carboxylic acids is 1. The minimum atomic E-state index is 0.0527. The van der Waals surface area contributed by atoms with Gasteiger partial charge in [0.05, 0.1) is 6.04 Å². The molecule has 1 aliphatic heterocycles. The lowest BCUT2D eigenvalue weighted by molar-refractivity contribution is -0.121. The van der Waals surface area contributed by atoms with E-state index in [-0.39, 0.29) is 11.9 Å². The molecule has 0 bridgehead atoms. The Morgan fingerprint density at radius 1 is 1.08 bits per heavy atom. The van der Waals surface area contributed by atoms with Gasteiger partial charge in [0.2, 0.25) is 5.91 Å². The Hall–Kier alpha value is -2.59. The Labute approximate surface area is 141 Å². The average Bonchev–Trinajstić information content (AvgIpc) is 3.01. The van der Waals surface area contributed by atoms with Crippen LogP contribution in [-0.2, 0) is 17.8 Å². The molecule has 4 heteroatoms. The number of carbonyl (C=O) groups is 1. The molecule has 4 rings (SSSR count). The standard InChI is InChI=1S/C20H21N3O/c24-19(22-13-14-6-2-1-3-7-14)12-18-20-16(10-11-21-18)15-8-4-5-9-17(15)23-20/h1-9,18,21,23H,10-13H2,(H,22,24). The minimum Gasteiger partial charge on any atom is -0.357 e. The number of para-hydroxylation sites is 1. The molecule has 1 amide bonds. The van der Waals surface area contributed by atoms with Crippen molar-refractivity contribution >= 4 is 16.8 Å². The van der Waals surface area contributed by atoms with Crippen molar-refractivity contribution < 1.29 is 4.79 Å². The predicted molar refractivity (Wildman–Crippen MR) is 95.7 cm³/mol. The van der Waals surface area contributed by atoms with Crippen molar-refractivity contribution in [3.63, 3.8) is 0 Å². The zero-order valence-corrected chi connectivity index (χ0v) is 13.5. The van der Waals surface area contributed by atoms with E-state index < -0.39 is 0 Å². The van der Waals surface area contributed by atoms with Crippen LogP contribution in [-0.4, -0.2) is 17.4 Å². The number of amides is 1. The van der Waals surface area contributed by atoms with Crippen molar-refractivity contribution in [3.8, 4) is 0 Å². The Morgan fingerprint density at radius 2 is 1.88 bits per heavy atom. The van der Waals surface area contributed by atoms with E-state index in [4.69, 9.17) is 0 Å². The second kappa shape index (κ2) is 6.49. The number of aromatic nitrogens is 1. The molecule has 24 heavy (non-hydrogen) atoms. The molecule has 1 aliphatic rings. The summed E-state index contributed by atoms with van der Waals surface area (Å²) in [6, 6.07) is 18.4. The first-order valence-electron chi connectivity index (χ1n) is 8.45. The molecule has 1 atom stereocenters. The minimum absolute atomic E-state index is 0.0527. The number of rotatable bonds is 4.